The smallest absolute Gasteiger partial charge is 0.0457 e. The lowest BCUT2D eigenvalue weighted by molar-refractivity contribution is 0.556. The second-order valence-electron chi connectivity index (χ2n) is 3.92. The number of nitrogens with one attached hydrogen (secondary N) is 2. The predicted molar refractivity (Wildman–Crippen MR) is 63.7 cm³/mol. The van der Waals surface area contributed by atoms with Crippen LogP contribution in [-0.2, 0) is 6.54 Å². The highest BCUT2D eigenvalue weighted by atomic mass is 14.9. The van der Waals surface area contributed by atoms with Crippen molar-refractivity contribution in [3.63, 3.8) is 0 Å². The Bertz CT molecular complexity index is 433. The quantitative estimate of drug-likeness (QED) is 0.707. The Morgan fingerprint density at radius 3 is 3.07 bits per heavy atom. The maximum absolute atomic E-state index is 5.54. The number of rotatable bonds is 4. The van der Waals surface area contributed by atoms with Gasteiger partial charge in [-0.05, 0) is 30.0 Å². The molecule has 0 aliphatic carbocycles. The average molecular weight is 203 g/mol. The molecule has 3 heteroatoms. The normalized spacial score (nSPS) is 13.2. The third-order valence-electron chi connectivity index (χ3n) is 2.63. The number of hydrogen-bond donors (Lipinski definition) is 3. The molecule has 1 heterocycles. The predicted octanol–water partition coefficient (Wildman–Crippen LogP) is 1.60. The lowest BCUT2D eigenvalue weighted by atomic mass is 10.1. The molecule has 15 heavy (non-hydrogen) atoms. The number of aromatic amines is 1. The maximum Gasteiger partial charge on any atom is 0.0457 e. The first-order chi connectivity index (χ1) is 7.29. The van der Waals surface area contributed by atoms with E-state index in [-0.39, 0.29) is 0 Å². The van der Waals surface area contributed by atoms with Gasteiger partial charge in [-0.2, -0.15) is 0 Å². The van der Waals surface area contributed by atoms with Gasteiger partial charge in [-0.3, -0.25) is 0 Å². The fourth-order valence-corrected chi connectivity index (χ4v) is 1.58. The summed E-state index contributed by atoms with van der Waals surface area (Å²) < 4.78 is 0. The minimum atomic E-state index is 0.365. The van der Waals surface area contributed by atoms with Crippen LogP contribution in [0.3, 0.4) is 0 Å². The van der Waals surface area contributed by atoms with Crippen molar-refractivity contribution in [3.05, 3.63) is 36.0 Å². The monoisotopic (exact) mass is 203 g/mol. The summed E-state index contributed by atoms with van der Waals surface area (Å²) in [5, 5.41) is 4.62. The highest BCUT2D eigenvalue weighted by molar-refractivity contribution is 5.79. The molecule has 0 amide bonds. The van der Waals surface area contributed by atoms with Crippen molar-refractivity contribution in [1.82, 2.24) is 10.3 Å². The molecule has 0 aliphatic heterocycles. The van der Waals surface area contributed by atoms with Crippen LogP contribution in [0.15, 0.2) is 30.5 Å². The van der Waals surface area contributed by atoms with Crippen molar-refractivity contribution in [2.24, 2.45) is 5.73 Å². The molecule has 3 nitrogen and oxygen atoms in total. The Kier molecular flexibility index (Phi) is 3.04. The molecule has 1 aromatic carbocycles. The van der Waals surface area contributed by atoms with E-state index < -0.39 is 0 Å². The molecule has 1 atom stereocenters. The largest absolute Gasteiger partial charge is 0.361 e. The van der Waals surface area contributed by atoms with Crippen LogP contribution in [0, 0.1) is 0 Å². The van der Waals surface area contributed by atoms with Crippen LogP contribution in [-0.4, -0.2) is 17.6 Å². The molecule has 80 valence electrons. The Morgan fingerprint density at radius 1 is 1.40 bits per heavy atom. The average Bonchev–Trinajstić information content (AvgIpc) is 2.72. The van der Waals surface area contributed by atoms with E-state index in [2.05, 4.69) is 41.5 Å². The standard InChI is InChI=1S/C12H17N3/c1-9(7-13)15-8-10-2-3-11-4-5-14-12(11)6-10/h2-6,9,14-15H,7-8,13H2,1H3/t9-/m0/s1. The summed E-state index contributed by atoms with van der Waals surface area (Å²) in [7, 11) is 0. The molecule has 0 unspecified atom stereocenters. The summed E-state index contributed by atoms with van der Waals surface area (Å²) in [6.45, 7) is 3.63. The summed E-state index contributed by atoms with van der Waals surface area (Å²) in [5.41, 5.74) is 8.01. The van der Waals surface area contributed by atoms with Crippen molar-refractivity contribution < 1.29 is 0 Å². The van der Waals surface area contributed by atoms with Gasteiger partial charge in [0.2, 0.25) is 0 Å². The number of nitrogens with two attached hydrogens (primary N) is 1. The SMILES string of the molecule is C[C@@H](CN)NCc1ccc2cc[nH]c2c1. The fraction of sp³-hybridized carbons (Fsp3) is 0.333. The Morgan fingerprint density at radius 2 is 2.27 bits per heavy atom. The molecule has 0 saturated heterocycles. The summed E-state index contributed by atoms with van der Waals surface area (Å²) in [5.74, 6) is 0. The van der Waals surface area contributed by atoms with Crippen LogP contribution in [0.5, 0.6) is 0 Å². The van der Waals surface area contributed by atoms with Crippen LogP contribution in [0.25, 0.3) is 10.9 Å². The maximum atomic E-state index is 5.54. The minimum absolute atomic E-state index is 0.365. The topological polar surface area (TPSA) is 53.8 Å². The molecular weight excluding hydrogens is 186 g/mol. The molecule has 1 aromatic heterocycles. The van der Waals surface area contributed by atoms with Crippen LogP contribution in [0.1, 0.15) is 12.5 Å². The zero-order valence-corrected chi connectivity index (χ0v) is 8.96. The molecule has 0 saturated carbocycles. The van der Waals surface area contributed by atoms with Crippen molar-refractivity contribution >= 4 is 10.9 Å². The van der Waals surface area contributed by atoms with E-state index in [0.717, 1.165) is 6.54 Å². The van der Waals surface area contributed by atoms with E-state index in [0.29, 0.717) is 12.6 Å². The molecule has 0 aliphatic rings. The Labute approximate surface area is 89.7 Å². The first kappa shape index (κ1) is 10.2. The van der Waals surface area contributed by atoms with Gasteiger partial charge in [0.25, 0.3) is 0 Å². The van der Waals surface area contributed by atoms with Gasteiger partial charge < -0.3 is 16.0 Å². The number of H-pyrrole nitrogens is 1. The third-order valence-corrected chi connectivity index (χ3v) is 2.63. The number of benzene rings is 1. The highest BCUT2D eigenvalue weighted by Crippen LogP contribution is 2.13. The van der Waals surface area contributed by atoms with Gasteiger partial charge in [-0.25, -0.2) is 0 Å². The summed E-state index contributed by atoms with van der Waals surface area (Å²) in [6.07, 6.45) is 1.96. The van der Waals surface area contributed by atoms with Crippen LogP contribution < -0.4 is 11.1 Å². The molecule has 2 aromatic rings. The minimum Gasteiger partial charge on any atom is -0.361 e. The molecule has 0 bridgehead atoms. The highest BCUT2D eigenvalue weighted by Gasteiger charge is 2.00. The van der Waals surface area contributed by atoms with Gasteiger partial charge in [0.1, 0.15) is 0 Å². The van der Waals surface area contributed by atoms with Crippen LogP contribution >= 0.6 is 0 Å². The van der Waals surface area contributed by atoms with Gasteiger partial charge in [0, 0.05) is 30.8 Å². The summed E-state index contributed by atoms with van der Waals surface area (Å²) in [4.78, 5) is 3.21. The lowest BCUT2D eigenvalue weighted by Gasteiger charge is -2.10. The number of aromatic nitrogens is 1. The molecule has 0 fully saturated rings. The number of hydrogen-bond acceptors (Lipinski definition) is 2. The summed E-state index contributed by atoms with van der Waals surface area (Å²) in [6, 6.07) is 8.90. The molecule has 2 rings (SSSR count). The Balaban J connectivity index is 2.08. The molecular formula is C12H17N3. The van der Waals surface area contributed by atoms with E-state index in [4.69, 9.17) is 5.73 Å². The number of fused-ring (bicyclic) bond motifs is 1. The van der Waals surface area contributed by atoms with Crippen molar-refractivity contribution in [1.29, 1.82) is 0 Å². The van der Waals surface area contributed by atoms with E-state index in [1.54, 1.807) is 0 Å². The van der Waals surface area contributed by atoms with Crippen LogP contribution in [0.4, 0.5) is 0 Å². The molecule has 0 spiro atoms. The van der Waals surface area contributed by atoms with E-state index in [1.807, 2.05) is 6.20 Å². The molecule has 4 N–H and O–H groups in total. The van der Waals surface area contributed by atoms with Gasteiger partial charge in [-0.15, -0.1) is 0 Å². The van der Waals surface area contributed by atoms with Crippen LogP contribution in [0.2, 0.25) is 0 Å². The van der Waals surface area contributed by atoms with E-state index in [9.17, 15) is 0 Å². The first-order valence-electron chi connectivity index (χ1n) is 5.29. The van der Waals surface area contributed by atoms with Crippen molar-refractivity contribution in [3.8, 4) is 0 Å². The lowest BCUT2D eigenvalue weighted by Crippen LogP contribution is -2.32. The second-order valence-corrected chi connectivity index (χ2v) is 3.92. The van der Waals surface area contributed by atoms with Gasteiger partial charge in [0.05, 0.1) is 0 Å². The van der Waals surface area contributed by atoms with E-state index in [1.165, 1.54) is 16.5 Å². The van der Waals surface area contributed by atoms with Gasteiger partial charge in [0.15, 0.2) is 0 Å². The summed E-state index contributed by atoms with van der Waals surface area (Å²) >= 11 is 0. The fourth-order valence-electron chi connectivity index (χ4n) is 1.58. The van der Waals surface area contributed by atoms with Gasteiger partial charge >= 0.3 is 0 Å². The van der Waals surface area contributed by atoms with Gasteiger partial charge in [-0.1, -0.05) is 12.1 Å². The third kappa shape index (κ3) is 2.37. The zero-order chi connectivity index (χ0) is 10.7. The van der Waals surface area contributed by atoms with Crippen molar-refractivity contribution in [2.45, 2.75) is 19.5 Å². The zero-order valence-electron chi connectivity index (χ0n) is 8.96. The Hall–Kier alpha value is -1.32. The van der Waals surface area contributed by atoms with E-state index >= 15 is 0 Å². The second kappa shape index (κ2) is 4.47. The van der Waals surface area contributed by atoms with Crippen molar-refractivity contribution in [2.75, 3.05) is 6.54 Å². The molecule has 0 radical (unpaired) electrons. The first-order valence-corrected chi connectivity index (χ1v) is 5.29.